The molecular formula is C19H17N3O2. The highest BCUT2D eigenvalue weighted by Crippen LogP contribution is 2.11. The van der Waals surface area contributed by atoms with E-state index >= 15 is 0 Å². The van der Waals surface area contributed by atoms with E-state index in [0.29, 0.717) is 17.7 Å². The normalized spacial score (nSPS) is 10.2. The molecule has 0 aliphatic carbocycles. The zero-order chi connectivity index (χ0) is 17.4. The Labute approximate surface area is 140 Å². The standard InChI is InChI=1S/C19H17N3O2/c1-21-19(24)16-7-2-14(3-8-16)6-11-18(23)22-17-9-4-15(5-10-17)12-13-20/h2-11H,12H2,1H3,(H,21,24)(H,22,23)/b11-6+. The molecule has 24 heavy (non-hydrogen) atoms. The van der Waals surface area contributed by atoms with Crippen molar-refractivity contribution in [3.8, 4) is 6.07 Å². The van der Waals surface area contributed by atoms with E-state index in [2.05, 4.69) is 16.7 Å². The molecule has 120 valence electrons. The second-order valence-electron chi connectivity index (χ2n) is 5.06. The second kappa shape index (κ2) is 8.30. The summed E-state index contributed by atoms with van der Waals surface area (Å²) in [5.74, 6) is -0.401. The van der Waals surface area contributed by atoms with Crippen LogP contribution in [0.4, 0.5) is 5.69 Å². The maximum absolute atomic E-state index is 11.9. The average molecular weight is 319 g/mol. The fourth-order valence-corrected chi connectivity index (χ4v) is 2.04. The molecule has 0 aliphatic rings. The van der Waals surface area contributed by atoms with Gasteiger partial charge in [0, 0.05) is 24.4 Å². The van der Waals surface area contributed by atoms with Gasteiger partial charge in [0.1, 0.15) is 0 Å². The fraction of sp³-hybridized carbons (Fsp3) is 0.105. The monoisotopic (exact) mass is 319 g/mol. The number of nitrogens with zero attached hydrogens (tertiary/aromatic N) is 1. The number of rotatable bonds is 5. The van der Waals surface area contributed by atoms with Crippen molar-refractivity contribution in [1.82, 2.24) is 5.32 Å². The van der Waals surface area contributed by atoms with Crippen LogP contribution in [-0.4, -0.2) is 18.9 Å². The van der Waals surface area contributed by atoms with E-state index in [1.807, 2.05) is 0 Å². The molecule has 0 atom stereocenters. The van der Waals surface area contributed by atoms with Gasteiger partial charge in [0.25, 0.3) is 5.91 Å². The predicted octanol–water partition coefficient (Wildman–Crippen LogP) is 2.76. The van der Waals surface area contributed by atoms with Crippen LogP contribution in [0.3, 0.4) is 0 Å². The summed E-state index contributed by atoms with van der Waals surface area (Å²) in [4.78, 5) is 23.4. The van der Waals surface area contributed by atoms with Gasteiger partial charge in [0.2, 0.25) is 5.91 Å². The number of hydrogen-bond donors (Lipinski definition) is 2. The van der Waals surface area contributed by atoms with Crippen LogP contribution >= 0.6 is 0 Å². The summed E-state index contributed by atoms with van der Waals surface area (Å²) < 4.78 is 0. The van der Waals surface area contributed by atoms with E-state index in [0.717, 1.165) is 11.1 Å². The number of nitrogens with one attached hydrogen (secondary N) is 2. The maximum atomic E-state index is 11.9. The number of hydrogen-bond acceptors (Lipinski definition) is 3. The lowest BCUT2D eigenvalue weighted by Gasteiger charge is -2.03. The van der Waals surface area contributed by atoms with E-state index < -0.39 is 0 Å². The minimum atomic E-state index is -0.251. The Kier molecular flexibility index (Phi) is 5.87. The summed E-state index contributed by atoms with van der Waals surface area (Å²) in [6.45, 7) is 0. The molecule has 0 radical (unpaired) electrons. The predicted molar refractivity (Wildman–Crippen MR) is 93.3 cm³/mol. The molecule has 2 N–H and O–H groups in total. The number of anilines is 1. The largest absolute Gasteiger partial charge is 0.355 e. The Bertz CT molecular complexity index is 785. The Hall–Kier alpha value is -3.39. The van der Waals surface area contributed by atoms with Gasteiger partial charge in [-0.15, -0.1) is 0 Å². The number of carbonyl (C=O) groups excluding carboxylic acids is 2. The molecule has 0 bridgehead atoms. The Morgan fingerprint density at radius 1 is 1.08 bits per heavy atom. The van der Waals surface area contributed by atoms with Crippen molar-refractivity contribution in [2.75, 3.05) is 12.4 Å². The lowest BCUT2D eigenvalue weighted by molar-refractivity contribution is -0.111. The van der Waals surface area contributed by atoms with Crippen LogP contribution in [0.15, 0.2) is 54.6 Å². The SMILES string of the molecule is CNC(=O)c1ccc(/C=C/C(=O)Nc2ccc(CC#N)cc2)cc1. The lowest BCUT2D eigenvalue weighted by atomic mass is 10.1. The zero-order valence-corrected chi connectivity index (χ0v) is 13.2. The lowest BCUT2D eigenvalue weighted by Crippen LogP contribution is -2.17. The first kappa shape index (κ1) is 17.0. The molecule has 2 amide bonds. The van der Waals surface area contributed by atoms with E-state index in [4.69, 9.17) is 5.26 Å². The van der Waals surface area contributed by atoms with Crippen LogP contribution < -0.4 is 10.6 Å². The van der Waals surface area contributed by atoms with Crippen LogP contribution in [-0.2, 0) is 11.2 Å². The molecule has 0 unspecified atom stereocenters. The third kappa shape index (κ3) is 4.82. The van der Waals surface area contributed by atoms with Crippen molar-refractivity contribution in [3.05, 3.63) is 71.3 Å². The molecule has 0 aliphatic heterocycles. The molecule has 5 nitrogen and oxygen atoms in total. The van der Waals surface area contributed by atoms with Crippen molar-refractivity contribution in [3.63, 3.8) is 0 Å². The van der Waals surface area contributed by atoms with Gasteiger partial charge in [0.05, 0.1) is 12.5 Å². The van der Waals surface area contributed by atoms with E-state index in [1.165, 1.54) is 6.08 Å². The molecule has 5 heteroatoms. The first-order chi connectivity index (χ1) is 11.6. The summed E-state index contributed by atoms with van der Waals surface area (Å²) in [7, 11) is 1.58. The quantitative estimate of drug-likeness (QED) is 0.831. The van der Waals surface area contributed by atoms with Crippen molar-refractivity contribution in [2.45, 2.75) is 6.42 Å². The van der Waals surface area contributed by atoms with Gasteiger partial charge in [-0.05, 0) is 41.5 Å². The van der Waals surface area contributed by atoms with Crippen LogP contribution in [0, 0.1) is 11.3 Å². The summed E-state index contributed by atoms with van der Waals surface area (Å²) in [6, 6.07) is 16.1. The highest BCUT2D eigenvalue weighted by molar-refractivity contribution is 6.02. The van der Waals surface area contributed by atoms with Gasteiger partial charge in [-0.3, -0.25) is 9.59 Å². The van der Waals surface area contributed by atoms with Crippen LogP contribution in [0.25, 0.3) is 6.08 Å². The van der Waals surface area contributed by atoms with Crippen molar-refractivity contribution >= 4 is 23.6 Å². The highest BCUT2D eigenvalue weighted by atomic mass is 16.2. The Balaban J connectivity index is 1.95. The molecule has 0 heterocycles. The van der Waals surface area contributed by atoms with Crippen molar-refractivity contribution in [2.24, 2.45) is 0 Å². The Morgan fingerprint density at radius 3 is 2.33 bits per heavy atom. The fourth-order valence-electron chi connectivity index (χ4n) is 2.04. The minimum absolute atomic E-state index is 0.150. The molecule has 0 fully saturated rings. The van der Waals surface area contributed by atoms with E-state index in [1.54, 1.807) is 61.7 Å². The number of amides is 2. The average Bonchev–Trinajstić information content (AvgIpc) is 2.61. The molecular weight excluding hydrogens is 302 g/mol. The topological polar surface area (TPSA) is 82.0 Å². The number of benzene rings is 2. The molecule has 2 rings (SSSR count). The van der Waals surface area contributed by atoms with Gasteiger partial charge < -0.3 is 10.6 Å². The van der Waals surface area contributed by atoms with E-state index in [9.17, 15) is 9.59 Å². The smallest absolute Gasteiger partial charge is 0.251 e. The number of nitriles is 1. The second-order valence-corrected chi connectivity index (χ2v) is 5.06. The molecule has 0 saturated carbocycles. The van der Waals surface area contributed by atoms with Gasteiger partial charge >= 0.3 is 0 Å². The van der Waals surface area contributed by atoms with Gasteiger partial charge in [-0.2, -0.15) is 5.26 Å². The van der Waals surface area contributed by atoms with Crippen LogP contribution in [0.5, 0.6) is 0 Å². The summed E-state index contributed by atoms with van der Waals surface area (Å²) >= 11 is 0. The minimum Gasteiger partial charge on any atom is -0.355 e. The maximum Gasteiger partial charge on any atom is 0.251 e. The third-order valence-electron chi connectivity index (χ3n) is 3.33. The van der Waals surface area contributed by atoms with Crippen molar-refractivity contribution in [1.29, 1.82) is 5.26 Å². The van der Waals surface area contributed by atoms with E-state index in [-0.39, 0.29) is 11.8 Å². The Morgan fingerprint density at radius 2 is 1.75 bits per heavy atom. The first-order valence-corrected chi connectivity index (χ1v) is 7.39. The first-order valence-electron chi connectivity index (χ1n) is 7.39. The summed E-state index contributed by atoms with van der Waals surface area (Å²) in [5, 5.41) is 13.9. The third-order valence-corrected chi connectivity index (χ3v) is 3.33. The number of carbonyl (C=O) groups is 2. The molecule has 2 aromatic rings. The van der Waals surface area contributed by atoms with Gasteiger partial charge in [-0.1, -0.05) is 24.3 Å². The van der Waals surface area contributed by atoms with Gasteiger partial charge in [0.15, 0.2) is 0 Å². The highest BCUT2D eigenvalue weighted by Gasteiger charge is 2.02. The van der Waals surface area contributed by atoms with Gasteiger partial charge in [-0.25, -0.2) is 0 Å². The van der Waals surface area contributed by atoms with Crippen LogP contribution in [0.2, 0.25) is 0 Å². The zero-order valence-electron chi connectivity index (χ0n) is 13.2. The summed E-state index contributed by atoms with van der Waals surface area (Å²) in [6.07, 6.45) is 3.45. The van der Waals surface area contributed by atoms with Crippen LogP contribution in [0.1, 0.15) is 21.5 Å². The molecule has 0 saturated heterocycles. The summed E-state index contributed by atoms with van der Waals surface area (Å²) in [5.41, 5.74) is 2.96. The molecule has 2 aromatic carbocycles. The molecule has 0 spiro atoms. The molecule has 0 aromatic heterocycles. The van der Waals surface area contributed by atoms with Crippen molar-refractivity contribution < 1.29 is 9.59 Å².